The van der Waals surface area contributed by atoms with Gasteiger partial charge in [-0.2, -0.15) is 16.4 Å². The molecule has 0 aliphatic heterocycles. The van der Waals surface area contributed by atoms with Crippen LogP contribution in [0.3, 0.4) is 0 Å². The van der Waals surface area contributed by atoms with E-state index in [9.17, 15) is 0 Å². The number of thiophene rings is 1. The van der Waals surface area contributed by atoms with Crippen LogP contribution in [0.5, 0.6) is 0 Å². The molecule has 2 aromatic heterocycles. The molecule has 2 aromatic rings. The number of hydrogen-bond donors (Lipinski definition) is 1. The quantitative estimate of drug-likeness (QED) is 0.461. The molecule has 1 N–H and O–H groups in total. The second-order valence-electron chi connectivity index (χ2n) is 4.74. The first-order valence-corrected chi connectivity index (χ1v) is 7.55. The van der Waals surface area contributed by atoms with E-state index in [-0.39, 0.29) is 24.0 Å². The largest absolute Gasteiger partial charge is 0.354 e. The van der Waals surface area contributed by atoms with Gasteiger partial charge in [-0.25, -0.2) is 0 Å². The maximum atomic E-state index is 4.31. The van der Waals surface area contributed by atoms with Crippen molar-refractivity contribution in [1.82, 2.24) is 20.0 Å². The van der Waals surface area contributed by atoms with Gasteiger partial charge >= 0.3 is 0 Å². The minimum atomic E-state index is 0. The number of aromatic nitrogens is 2. The second-order valence-corrected chi connectivity index (χ2v) is 5.52. The van der Waals surface area contributed by atoms with Crippen LogP contribution in [0.1, 0.15) is 11.1 Å². The average Bonchev–Trinajstić information content (AvgIpc) is 3.06. The molecule has 0 atom stereocenters. The molecule has 0 aliphatic rings. The van der Waals surface area contributed by atoms with Gasteiger partial charge in [0.15, 0.2) is 5.96 Å². The molecule has 5 nitrogen and oxygen atoms in total. The van der Waals surface area contributed by atoms with Gasteiger partial charge in [-0.3, -0.25) is 9.67 Å². The van der Waals surface area contributed by atoms with Crippen molar-refractivity contribution in [2.24, 2.45) is 4.99 Å². The molecule has 0 aliphatic carbocycles. The van der Waals surface area contributed by atoms with E-state index >= 15 is 0 Å². The first-order valence-electron chi connectivity index (χ1n) is 6.61. The Morgan fingerprint density at radius 1 is 1.52 bits per heavy atom. The summed E-state index contributed by atoms with van der Waals surface area (Å²) in [7, 11) is 3.86. The number of nitrogens with zero attached hydrogens (tertiary/aromatic N) is 4. The van der Waals surface area contributed by atoms with Gasteiger partial charge in [0.2, 0.25) is 0 Å². The summed E-state index contributed by atoms with van der Waals surface area (Å²) < 4.78 is 1.94. The third kappa shape index (κ3) is 5.66. The highest BCUT2D eigenvalue weighted by atomic mass is 127. The summed E-state index contributed by atoms with van der Waals surface area (Å²) in [5.74, 6) is 0.903. The predicted molar refractivity (Wildman–Crippen MR) is 99.5 cm³/mol. The van der Waals surface area contributed by atoms with Gasteiger partial charge in [0.05, 0.1) is 12.7 Å². The Morgan fingerprint density at radius 2 is 2.33 bits per heavy atom. The fraction of sp³-hybridized carbons (Fsp3) is 0.429. The zero-order chi connectivity index (χ0) is 14.4. The number of rotatable bonds is 5. The molecule has 2 rings (SSSR count). The van der Waals surface area contributed by atoms with E-state index in [0.29, 0.717) is 0 Å². The molecular formula is C14H22IN5S. The smallest absolute Gasteiger partial charge is 0.193 e. The molecule has 0 bridgehead atoms. The number of halogens is 1. The van der Waals surface area contributed by atoms with Crippen molar-refractivity contribution in [3.8, 4) is 0 Å². The van der Waals surface area contributed by atoms with Crippen LogP contribution >= 0.6 is 35.3 Å². The molecule has 0 aromatic carbocycles. The Hall–Kier alpha value is -1.09. The maximum Gasteiger partial charge on any atom is 0.193 e. The summed E-state index contributed by atoms with van der Waals surface area (Å²) in [5.41, 5.74) is 2.49. The lowest BCUT2D eigenvalue weighted by molar-refractivity contribution is 0.471. The molecular weight excluding hydrogens is 397 g/mol. The van der Waals surface area contributed by atoms with E-state index in [4.69, 9.17) is 0 Å². The molecule has 116 valence electrons. The Bertz CT molecular complexity index is 549. The predicted octanol–water partition coefficient (Wildman–Crippen LogP) is 2.58. The third-order valence-electron chi connectivity index (χ3n) is 2.96. The van der Waals surface area contributed by atoms with E-state index in [0.717, 1.165) is 25.6 Å². The normalized spacial score (nSPS) is 11.1. The van der Waals surface area contributed by atoms with Gasteiger partial charge in [-0.1, -0.05) is 0 Å². The van der Waals surface area contributed by atoms with Crippen molar-refractivity contribution < 1.29 is 0 Å². The lowest BCUT2D eigenvalue weighted by atomic mass is 10.3. The van der Waals surface area contributed by atoms with E-state index < -0.39 is 0 Å². The standard InChI is InChI=1S/C14H21N5S.HI/c1-12-8-17-19(9-12)6-5-16-14(15-2)18(3)10-13-4-7-20-11-13;/h4,7-9,11H,5-6,10H2,1-3H3,(H,15,16);1H. The number of nitrogens with one attached hydrogen (secondary N) is 1. The fourth-order valence-corrected chi connectivity index (χ4v) is 2.65. The van der Waals surface area contributed by atoms with Crippen molar-refractivity contribution in [2.75, 3.05) is 20.6 Å². The highest BCUT2D eigenvalue weighted by Gasteiger charge is 2.06. The minimum Gasteiger partial charge on any atom is -0.354 e. The van der Waals surface area contributed by atoms with Gasteiger partial charge in [0.25, 0.3) is 0 Å². The fourth-order valence-electron chi connectivity index (χ4n) is 1.99. The molecule has 0 amide bonds. The summed E-state index contributed by atoms with van der Waals surface area (Å²) in [5, 5.41) is 11.9. The van der Waals surface area contributed by atoms with Crippen LogP contribution in [0, 0.1) is 6.92 Å². The number of hydrogen-bond acceptors (Lipinski definition) is 3. The SMILES string of the molecule is CN=C(NCCn1cc(C)cn1)N(C)Cc1ccsc1.I. The molecule has 0 unspecified atom stereocenters. The molecule has 0 spiro atoms. The van der Waals surface area contributed by atoms with Gasteiger partial charge in [-0.05, 0) is 34.9 Å². The van der Waals surface area contributed by atoms with Gasteiger partial charge in [0, 0.05) is 33.4 Å². The minimum absolute atomic E-state index is 0. The zero-order valence-corrected chi connectivity index (χ0v) is 15.8. The maximum absolute atomic E-state index is 4.31. The molecule has 0 saturated carbocycles. The van der Waals surface area contributed by atoms with E-state index in [1.165, 1.54) is 11.1 Å². The van der Waals surface area contributed by atoms with Crippen LogP contribution in [0.15, 0.2) is 34.2 Å². The molecule has 7 heteroatoms. The molecule has 0 radical (unpaired) electrons. The summed E-state index contributed by atoms with van der Waals surface area (Å²) >= 11 is 1.72. The summed E-state index contributed by atoms with van der Waals surface area (Å²) in [6, 6.07) is 2.14. The second kappa shape index (κ2) is 9.04. The van der Waals surface area contributed by atoms with Crippen molar-refractivity contribution in [2.45, 2.75) is 20.0 Å². The average molecular weight is 419 g/mol. The van der Waals surface area contributed by atoms with E-state index in [2.05, 4.69) is 37.1 Å². The Balaban J connectivity index is 0.00000220. The van der Waals surface area contributed by atoms with Crippen LogP contribution in [0.2, 0.25) is 0 Å². The summed E-state index contributed by atoms with van der Waals surface area (Å²) in [6.45, 7) is 4.55. The summed E-state index contributed by atoms with van der Waals surface area (Å²) in [6.07, 6.45) is 3.91. The van der Waals surface area contributed by atoms with Crippen molar-refractivity contribution in [3.63, 3.8) is 0 Å². The number of guanidine groups is 1. The monoisotopic (exact) mass is 419 g/mol. The zero-order valence-electron chi connectivity index (χ0n) is 12.6. The Morgan fingerprint density at radius 3 is 2.90 bits per heavy atom. The molecule has 0 fully saturated rings. The lowest BCUT2D eigenvalue weighted by Crippen LogP contribution is -2.39. The van der Waals surface area contributed by atoms with Gasteiger partial charge in [0.1, 0.15) is 0 Å². The number of aliphatic imine (C=N–C) groups is 1. The van der Waals surface area contributed by atoms with Crippen LogP contribution in [-0.4, -0.2) is 41.3 Å². The van der Waals surface area contributed by atoms with Gasteiger partial charge in [-0.15, -0.1) is 24.0 Å². The van der Waals surface area contributed by atoms with Crippen molar-refractivity contribution >= 4 is 41.3 Å². The molecule has 0 saturated heterocycles. The Kier molecular flexibility index (Phi) is 7.73. The van der Waals surface area contributed by atoms with Crippen LogP contribution in [0.25, 0.3) is 0 Å². The highest BCUT2D eigenvalue weighted by molar-refractivity contribution is 14.0. The van der Waals surface area contributed by atoms with Crippen molar-refractivity contribution in [1.29, 1.82) is 0 Å². The first kappa shape index (κ1) is 18.0. The molecule has 21 heavy (non-hydrogen) atoms. The first-order chi connectivity index (χ1) is 9.69. The third-order valence-corrected chi connectivity index (χ3v) is 3.69. The number of aryl methyl sites for hydroxylation is 1. The lowest BCUT2D eigenvalue weighted by Gasteiger charge is -2.21. The topological polar surface area (TPSA) is 45.5 Å². The Labute approximate surface area is 147 Å². The van der Waals surface area contributed by atoms with Crippen molar-refractivity contribution in [3.05, 3.63) is 40.3 Å². The van der Waals surface area contributed by atoms with Gasteiger partial charge < -0.3 is 10.2 Å². The van der Waals surface area contributed by atoms with Crippen LogP contribution < -0.4 is 5.32 Å². The van der Waals surface area contributed by atoms with E-state index in [1.54, 1.807) is 11.3 Å². The van der Waals surface area contributed by atoms with Crippen LogP contribution in [0.4, 0.5) is 0 Å². The van der Waals surface area contributed by atoms with Crippen LogP contribution in [-0.2, 0) is 13.1 Å². The molecule has 2 heterocycles. The summed E-state index contributed by atoms with van der Waals surface area (Å²) in [4.78, 5) is 6.43. The highest BCUT2D eigenvalue weighted by Crippen LogP contribution is 2.08. The van der Waals surface area contributed by atoms with E-state index in [1.807, 2.05) is 38.1 Å².